The average molecular weight is 350 g/mol. The maximum atomic E-state index is 13.0. The first-order valence-electron chi connectivity index (χ1n) is 8.17. The van der Waals surface area contributed by atoms with Gasteiger partial charge in [0.15, 0.2) is 0 Å². The molecule has 2 aromatic carbocycles. The Morgan fingerprint density at radius 1 is 0.962 bits per heavy atom. The molecule has 1 amide bonds. The number of benzene rings is 2. The molecule has 0 fully saturated rings. The topological polar surface area (TPSA) is 66.9 Å². The molecule has 26 heavy (non-hydrogen) atoms. The Morgan fingerprint density at radius 3 is 2.38 bits per heavy atom. The summed E-state index contributed by atoms with van der Waals surface area (Å²) >= 11 is 0. The highest BCUT2D eigenvalue weighted by Gasteiger charge is 2.12. The van der Waals surface area contributed by atoms with Gasteiger partial charge in [-0.15, -0.1) is 0 Å². The molecule has 3 rings (SSSR count). The van der Waals surface area contributed by atoms with Crippen LogP contribution in [0.2, 0.25) is 0 Å². The highest BCUT2D eigenvalue weighted by molar-refractivity contribution is 6.03. The molecule has 0 bridgehead atoms. The molecule has 0 saturated heterocycles. The van der Waals surface area contributed by atoms with E-state index in [4.69, 9.17) is 0 Å². The molecule has 2 N–H and O–H groups in total. The molecule has 0 spiro atoms. The second-order valence-corrected chi connectivity index (χ2v) is 6.12. The number of anilines is 3. The lowest BCUT2D eigenvalue weighted by molar-refractivity contribution is 0.102. The van der Waals surface area contributed by atoms with Gasteiger partial charge in [-0.2, -0.15) is 0 Å². The summed E-state index contributed by atoms with van der Waals surface area (Å²) in [5.74, 6) is -0.396. The van der Waals surface area contributed by atoms with Gasteiger partial charge in [-0.25, -0.2) is 14.4 Å². The molecule has 0 saturated carbocycles. The fourth-order valence-electron chi connectivity index (χ4n) is 2.54. The predicted octanol–water partition coefficient (Wildman–Crippen LogP) is 4.54. The van der Waals surface area contributed by atoms with Crippen LogP contribution in [-0.2, 0) is 0 Å². The summed E-state index contributed by atoms with van der Waals surface area (Å²) in [5.41, 5.74) is 4.50. The molecule has 6 heteroatoms. The lowest BCUT2D eigenvalue weighted by atomic mass is 10.1. The maximum absolute atomic E-state index is 13.0. The third-order valence-electron chi connectivity index (χ3n) is 3.82. The largest absolute Gasteiger partial charge is 0.324 e. The van der Waals surface area contributed by atoms with Crippen LogP contribution in [0.25, 0.3) is 0 Å². The van der Waals surface area contributed by atoms with Crippen molar-refractivity contribution < 1.29 is 9.18 Å². The Bertz CT molecular complexity index is 955. The minimum Gasteiger partial charge on any atom is -0.324 e. The zero-order valence-corrected chi connectivity index (χ0v) is 14.8. The molecule has 0 aliphatic carbocycles. The van der Waals surface area contributed by atoms with Gasteiger partial charge in [-0.05, 0) is 62.7 Å². The van der Waals surface area contributed by atoms with Crippen molar-refractivity contribution in [3.63, 3.8) is 0 Å². The van der Waals surface area contributed by atoms with Crippen LogP contribution in [0.4, 0.5) is 21.7 Å². The fourth-order valence-corrected chi connectivity index (χ4v) is 2.54. The number of carbonyl (C=O) groups excluding carboxylic acids is 1. The Hall–Kier alpha value is -3.28. The monoisotopic (exact) mass is 350 g/mol. The van der Waals surface area contributed by atoms with E-state index in [-0.39, 0.29) is 17.4 Å². The number of amides is 1. The summed E-state index contributed by atoms with van der Waals surface area (Å²) in [6, 6.07) is 13.2. The second-order valence-electron chi connectivity index (χ2n) is 6.12. The van der Waals surface area contributed by atoms with Crippen molar-refractivity contribution in [2.75, 3.05) is 10.6 Å². The molecule has 0 aliphatic rings. The van der Waals surface area contributed by atoms with Crippen LogP contribution in [0.3, 0.4) is 0 Å². The second kappa shape index (κ2) is 7.31. The van der Waals surface area contributed by atoms with Gasteiger partial charge < -0.3 is 10.6 Å². The number of hydrogen-bond donors (Lipinski definition) is 2. The number of halogens is 1. The van der Waals surface area contributed by atoms with Crippen LogP contribution < -0.4 is 10.6 Å². The zero-order valence-electron chi connectivity index (χ0n) is 14.8. The molecule has 132 valence electrons. The van der Waals surface area contributed by atoms with Crippen molar-refractivity contribution in [1.29, 1.82) is 0 Å². The van der Waals surface area contributed by atoms with Gasteiger partial charge in [0.25, 0.3) is 5.91 Å². The van der Waals surface area contributed by atoms with Crippen LogP contribution >= 0.6 is 0 Å². The van der Waals surface area contributed by atoms with Crippen molar-refractivity contribution in [2.45, 2.75) is 20.8 Å². The summed E-state index contributed by atoms with van der Waals surface area (Å²) < 4.78 is 13.0. The Kier molecular flexibility index (Phi) is 4.93. The lowest BCUT2D eigenvalue weighted by Crippen LogP contribution is -2.15. The molecule has 0 unspecified atom stereocenters. The van der Waals surface area contributed by atoms with E-state index < -0.39 is 0 Å². The van der Waals surface area contributed by atoms with Crippen LogP contribution in [-0.4, -0.2) is 15.9 Å². The summed E-state index contributed by atoms with van der Waals surface area (Å²) in [6.45, 7) is 5.81. The third-order valence-corrected chi connectivity index (χ3v) is 3.82. The van der Waals surface area contributed by atoms with Crippen LogP contribution in [0.15, 0.2) is 48.5 Å². The maximum Gasteiger partial charge on any atom is 0.274 e. The first-order valence-corrected chi connectivity index (χ1v) is 8.17. The van der Waals surface area contributed by atoms with E-state index in [0.29, 0.717) is 17.3 Å². The van der Waals surface area contributed by atoms with Gasteiger partial charge in [0.1, 0.15) is 11.5 Å². The van der Waals surface area contributed by atoms with E-state index >= 15 is 0 Å². The van der Waals surface area contributed by atoms with Gasteiger partial charge in [0.2, 0.25) is 5.95 Å². The summed E-state index contributed by atoms with van der Waals surface area (Å²) in [5, 5.41) is 5.85. The van der Waals surface area contributed by atoms with Crippen molar-refractivity contribution >= 4 is 23.2 Å². The normalized spacial score (nSPS) is 10.5. The van der Waals surface area contributed by atoms with Crippen molar-refractivity contribution in [3.05, 3.63) is 76.9 Å². The molecular formula is C20H19FN4O. The summed E-state index contributed by atoms with van der Waals surface area (Å²) in [6.07, 6.45) is 0. The first-order chi connectivity index (χ1) is 12.4. The molecule has 0 atom stereocenters. The SMILES string of the molecule is Cc1ccc(Nc2nc(C)cc(C(=O)Nc3ccc(F)cc3)n2)c(C)c1. The smallest absolute Gasteiger partial charge is 0.274 e. The van der Waals surface area contributed by atoms with E-state index in [2.05, 4.69) is 26.7 Å². The molecular weight excluding hydrogens is 331 g/mol. The van der Waals surface area contributed by atoms with Crippen molar-refractivity contribution in [2.24, 2.45) is 0 Å². The number of aryl methyl sites for hydroxylation is 3. The van der Waals surface area contributed by atoms with E-state index in [1.807, 2.05) is 26.0 Å². The fraction of sp³-hybridized carbons (Fsp3) is 0.150. The highest BCUT2D eigenvalue weighted by atomic mass is 19.1. The van der Waals surface area contributed by atoms with Gasteiger partial charge >= 0.3 is 0 Å². The highest BCUT2D eigenvalue weighted by Crippen LogP contribution is 2.20. The number of hydrogen-bond acceptors (Lipinski definition) is 4. The minimum atomic E-state index is -0.384. The zero-order chi connectivity index (χ0) is 18.7. The average Bonchev–Trinajstić information content (AvgIpc) is 2.59. The quantitative estimate of drug-likeness (QED) is 0.725. The number of nitrogens with zero attached hydrogens (tertiary/aromatic N) is 2. The van der Waals surface area contributed by atoms with Gasteiger partial charge in [0.05, 0.1) is 0 Å². The molecule has 1 aromatic heterocycles. The van der Waals surface area contributed by atoms with Crippen LogP contribution in [0.1, 0.15) is 27.3 Å². The number of rotatable bonds is 4. The van der Waals surface area contributed by atoms with Gasteiger partial charge in [-0.1, -0.05) is 17.7 Å². The van der Waals surface area contributed by atoms with E-state index in [9.17, 15) is 9.18 Å². The lowest BCUT2D eigenvalue weighted by Gasteiger charge is -2.11. The van der Waals surface area contributed by atoms with Crippen LogP contribution in [0, 0.1) is 26.6 Å². The Morgan fingerprint density at radius 2 is 1.69 bits per heavy atom. The van der Waals surface area contributed by atoms with Crippen molar-refractivity contribution in [3.8, 4) is 0 Å². The third kappa shape index (κ3) is 4.22. The summed E-state index contributed by atoms with van der Waals surface area (Å²) in [4.78, 5) is 21.1. The Balaban J connectivity index is 1.82. The van der Waals surface area contributed by atoms with Gasteiger partial charge in [0, 0.05) is 17.1 Å². The molecule has 5 nitrogen and oxygen atoms in total. The van der Waals surface area contributed by atoms with Crippen LogP contribution in [0.5, 0.6) is 0 Å². The Labute approximate surface area is 151 Å². The standard InChI is InChI=1S/C20H19FN4O/c1-12-4-9-17(13(2)10-12)24-20-22-14(3)11-18(25-20)19(26)23-16-7-5-15(21)6-8-16/h4-11H,1-3H3,(H,23,26)(H,22,24,25). The number of carbonyl (C=O) groups is 1. The number of aromatic nitrogens is 2. The molecule has 0 radical (unpaired) electrons. The molecule has 3 aromatic rings. The number of nitrogens with one attached hydrogen (secondary N) is 2. The van der Waals surface area contributed by atoms with E-state index in [1.165, 1.54) is 24.3 Å². The van der Waals surface area contributed by atoms with E-state index in [1.54, 1.807) is 13.0 Å². The van der Waals surface area contributed by atoms with Gasteiger partial charge in [-0.3, -0.25) is 4.79 Å². The molecule has 1 heterocycles. The van der Waals surface area contributed by atoms with Crippen molar-refractivity contribution in [1.82, 2.24) is 9.97 Å². The minimum absolute atomic E-state index is 0.231. The first kappa shape index (κ1) is 17.5. The summed E-state index contributed by atoms with van der Waals surface area (Å²) in [7, 11) is 0. The predicted molar refractivity (Wildman–Crippen MR) is 100 cm³/mol. The molecule has 0 aliphatic heterocycles. The van der Waals surface area contributed by atoms with E-state index in [0.717, 1.165) is 16.8 Å².